The molecule has 0 bridgehead atoms. The van der Waals surface area contributed by atoms with Gasteiger partial charge in [0, 0.05) is 30.7 Å². The number of aryl methyl sites for hydroxylation is 1. The van der Waals surface area contributed by atoms with Crippen LogP contribution in [-0.2, 0) is 7.05 Å². The summed E-state index contributed by atoms with van der Waals surface area (Å²) in [6.07, 6.45) is 3.61. The van der Waals surface area contributed by atoms with Gasteiger partial charge in [0.1, 0.15) is 0 Å². The second-order valence-electron chi connectivity index (χ2n) is 4.96. The molecule has 0 amide bonds. The average molecular weight is 214 g/mol. The second-order valence-corrected chi connectivity index (χ2v) is 4.96. The van der Waals surface area contributed by atoms with Gasteiger partial charge in [-0.2, -0.15) is 0 Å². The minimum Gasteiger partial charge on any atom is -0.350 e. The summed E-state index contributed by atoms with van der Waals surface area (Å²) in [7, 11) is 4.36. The molecule has 1 unspecified atom stereocenters. The Balaban J connectivity index is 2.10. The van der Waals surface area contributed by atoms with Gasteiger partial charge in [-0.15, -0.1) is 0 Å². The van der Waals surface area contributed by atoms with Crippen LogP contribution >= 0.6 is 0 Å². The number of fused-ring (bicyclic) bond motifs is 1. The first-order chi connectivity index (χ1) is 7.75. The molecule has 2 nitrogen and oxygen atoms in total. The first-order valence-electron chi connectivity index (χ1n) is 5.98. The standard InChI is InChI=1S/C14H18N2/c1-15-8-7-11(9-15)13-10-16(2)14-6-4-3-5-12(13)14/h3-6,10-11H,7-9H2,1-2H3. The fourth-order valence-electron chi connectivity index (χ4n) is 2.89. The van der Waals surface area contributed by atoms with E-state index in [9.17, 15) is 0 Å². The lowest BCUT2D eigenvalue weighted by atomic mass is 9.98. The van der Waals surface area contributed by atoms with E-state index in [1.54, 1.807) is 0 Å². The molecular weight excluding hydrogens is 196 g/mol. The third kappa shape index (κ3) is 1.45. The molecule has 1 aliphatic rings. The quantitative estimate of drug-likeness (QED) is 0.708. The van der Waals surface area contributed by atoms with Crippen molar-refractivity contribution in [2.45, 2.75) is 12.3 Å². The lowest BCUT2D eigenvalue weighted by Crippen LogP contribution is -2.13. The second kappa shape index (κ2) is 3.63. The molecule has 84 valence electrons. The lowest BCUT2D eigenvalue weighted by Gasteiger charge is -2.09. The first-order valence-corrected chi connectivity index (χ1v) is 5.98. The summed E-state index contributed by atoms with van der Waals surface area (Å²) in [4.78, 5) is 2.42. The van der Waals surface area contributed by atoms with Gasteiger partial charge in [0.25, 0.3) is 0 Å². The number of hydrogen-bond acceptors (Lipinski definition) is 1. The van der Waals surface area contributed by atoms with Crippen molar-refractivity contribution in [2.75, 3.05) is 20.1 Å². The molecule has 0 saturated carbocycles. The number of nitrogens with zero attached hydrogens (tertiary/aromatic N) is 2. The Labute approximate surface area is 96.5 Å². The van der Waals surface area contributed by atoms with Crippen molar-refractivity contribution >= 4 is 10.9 Å². The zero-order chi connectivity index (χ0) is 11.1. The van der Waals surface area contributed by atoms with Gasteiger partial charge >= 0.3 is 0 Å². The minimum atomic E-state index is 0.719. The van der Waals surface area contributed by atoms with Crippen molar-refractivity contribution in [3.63, 3.8) is 0 Å². The van der Waals surface area contributed by atoms with Crippen LogP contribution in [0.4, 0.5) is 0 Å². The summed E-state index contributed by atoms with van der Waals surface area (Å²) in [5.41, 5.74) is 2.88. The number of para-hydroxylation sites is 1. The van der Waals surface area contributed by atoms with Crippen LogP contribution in [0.1, 0.15) is 17.9 Å². The maximum atomic E-state index is 2.42. The molecule has 3 rings (SSSR count). The zero-order valence-electron chi connectivity index (χ0n) is 9.98. The normalized spacial score (nSPS) is 22.0. The Kier molecular flexibility index (Phi) is 2.25. The number of benzene rings is 1. The van der Waals surface area contributed by atoms with E-state index in [4.69, 9.17) is 0 Å². The van der Waals surface area contributed by atoms with Gasteiger partial charge in [0.05, 0.1) is 0 Å². The van der Waals surface area contributed by atoms with Gasteiger partial charge in [0.2, 0.25) is 0 Å². The highest BCUT2D eigenvalue weighted by Crippen LogP contribution is 2.32. The van der Waals surface area contributed by atoms with Gasteiger partial charge in [-0.05, 0) is 37.6 Å². The molecule has 16 heavy (non-hydrogen) atoms. The van der Waals surface area contributed by atoms with Crippen LogP contribution in [0.15, 0.2) is 30.5 Å². The van der Waals surface area contributed by atoms with E-state index in [-0.39, 0.29) is 0 Å². The maximum absolute atomic E-state index is 2.42. The Morgan fingerprint density at radius 1 is 1.19 bits per heavy atom. The lowest BCUT2D eigenvalue weighted by molar-refractivity contribution is 0.412. The van der Waals surface area contributed by atoms with Gasteiger partial charge in [0.15, 0.2) is 0 Å². The van der Waals surface area contributed by atoms with Crippen LogP contribution in [-0.4, -0.2) is 29.6 Å². The predicted octanol–water partition coefficient (Wildman–Crippen LogP) is 2.60. The Hall–Kier alpha value is -1.28. The molecule has 1 saturated heterocycles. The summed E-state index contributed by atoms with van der Waals surface area (Å²) in [5.74, 6) is 0.719. The monoisotopic (exact) mass is 214 g/mol. The Morgan fingerprint density at radius 3 is 2.75 bits per heavy atom. The van der Waals surface area contributed by atoms with Crippen molar-refractivity contribution < 1.29 is 0 Å². The fraction of sp³-hybridized carbons (Fsp3) is 0.429. The summed E-state index contributed by atoms with van der Waals surface area (Å²) in [5, 5.41) is 1.44. The van der Waals surface area contributed by atoms with Gasteiger partial charge < -0.3 is 9.47 Å². The topological polar surface area (TPSA) is 8.17 Å². The largest absolute Gasteiger partial charge is 0.350 e. The third-order valence-electron chi connectivity index (χ3n) is 3.76. The van der Waals surface area contributed by atoms with Gasteiger partial charge in [-0.1, -0.05) is 18.2 Å². The van der Waals surface area contributed by atoms with E-state index >= 15 is 0 Å². The van der Waals surface area contributed by atoms with Crippen LogP contribution in [0.25, 0.3) is 10.9 Å². The average Bonchev–Trinajstić information content (AvgIpc) is 2.84. The van der Waals surface area contributed by atoms with Crippen molar-refractivity contribution in [2.24, 2.45) is 7.05 Å². The van der Waals surface area contributed by atoms with Crippen molar-refractivity contribution in [1.82, 2.24) is 9.47 Å². The van der Waals surface area contributed by atoms with E-state index in [2.05, 4.69) is 54.0 Å². The highest BCUT2D eigenvalue weighted by molar-refractivity contribution is 5.84. The van der Waals surface area contributed by atoms with E-state index < -0.39 is 0 Å². The minimum absolute atomic E-state index is 0.719. The molecule has 1 aromatic heterocycles. The number of hydrogen-bond donors (Lipinski definition) is 0. The van der Waals surface area contributed by atoms with Crippen molar-refractivity contribution in [1.29, 1.82) is 0 Å². The molecule has 2 heterocycles. The van der Waals surface area contributed by atoms with E-state index in [1.165, 1.54) is 36.0 Å². The first kappa shape index (κ1) is 9.91. The van der Waals surface area contributed by atoms with Gasteiger partial charge in [-0.25, -0.2) is 0 Å². The molecule has 2 heteroatoms. The molecule has 1 aliphatic heterocycles. The molecule has 1 fully saturated rings. The van der Waals surface area contributed by atoms with Gasteiger partial charge in [-0.3, -0.25) is 0 Å². The summed E-state index contributed by atoms with van der Waals surface area (Å²) >= 11 is 0. The number of likely N-dealkylation sites (N-methyl/N-ethyl adjacent to an activating group) is 1. The Morgan fingerprint density at radius 2 is 2.00 bits per heavy atom. The van der Waals surface area contributed by atoms with E-state index in [1.807, 2.05) is 0 Å². The Bertz CT molecular complexity index is 512. The number of likely N-dealkylation sites (tertiary alicyclic amines) is 1. The van der Waals surface area contributed by atoms with Crippen LogP contribution in [0.3, 0.4) is 0 Å². The molecule has 1 atom stereocenters. The highest BCUT2D eigenvalue weighted by atomic mass is 15.1. The molecular formula is C14H18N2. The summed E-state index contributed by atoms with van der Waals surface area (Å²) < 4.78 is 2.25. The van der Waals surface area contributed by atoms with Crippen LogP contribution in [0, 0.1) is 0 Å². The molecule has 1 aromatic carbocycles. The molecule has 0 spiro atoms. The molecule has 0 aliphatic carbocycles. The summed E-state index contributed by atoms with van der Waals surface area (Å²) in [6.45, 7) is 2.43. The van der Waals surface area contributed by atoms with Crippen LogP contribution in [0.2, 0.25) is 0 Å². The summed E-state index contributed by atoms with van der Waals surface area (Å²) in [6, 6.07) is 8.72. The smallest absolute Gasteiger partial charge is 0.0480 e. The van der Waals surface area contributed by atoms with E-state index in [0.717, 1.165) is 5.92 Å². The van der Waals surface area contributed by atoms with Crippen LogP contribution < -0.4 is 0 Å². The zero-order valence-corrected chi connectivity index (χ0v) is 9.98. The molecule has 2 aromatic rings. The molecule has 0 N–H and O–H groups in total. The third-order valence-corrected chi connectivity index (χ3v) is 3.76. The fourth-order valence-corrected chi connectivity index (χ4v) is 2.89. The van der Waals surface area contributed by atoms with Crippen molar-refractivity contribution in [3.8, 4) is 0 Å². The maximum Gasteiger partial charge on any atom is 0.0480 e. The van der Waals surface area contributed by atoms with Crippen molar-refractivity contribution in [3.05, 3.63) is 36.0 Å². The molecule has 0 radical (unpaired) electrons. The number of rotatable bonds is 1. The SMILES string of the molecule is CN1CCC(c2cn(C)c3ccccc23)C1. The predicted molar refractivity (Wildman–Crippen MR) is 67.8 cm³/mol. The number of aromatic nitrogens is 1. The van der Waals surface area contributed by atoms with Crippen LogP contribution in [0.5, 0.6) is 0 Å². The highest BCUT2D eigenvalue weighted by Gasteiger charge is 2.23. The van der Waals surface area contributed by atoms with E-state index in [0.29, 0.717) is 0 Å².